The van der Waals surface area contributed by atoms with Gasteiger partial charge in [0.1, 0.15) is 5.84 Å². The van der Waals surface area contributed by atoms with Crippen molar-refractivity contribution in [1.29, 1.82) is 5.41 Å². The number of amidine groups is 1. The van der Waals surface area contributed by atoms with Crippen molar-refractivity contribution in [3.63, 3.8) is 0 Å². The van der Waals surface area contributed by atoms with Crippen LogP contribution in [0.3, 0.4) is 0 Å². The Hall–Kier alpha value is -0.600. The monoisotopic (exact) mass is 116 g/mol. The summed E-state index contributed by atoms with van der Waals surface area (Å²) in [7, 11) is 0. The number of hydrogen-bond acceptors (Lipinski definition) is 1. The van der Waals surface area contributed by atoms with E-state index < -0.39 is 5.67 Å². The van der Waals surface area contributed by atoms with E-state index in [1.54, 1.807) is 0 Å². The van der Waals surface area contributed by atoms with Crippen LogP contribution in [0.1, 0.15) is 19.3 Å². The molecule has 0 heterocycles. The minimum absolute atomic E-state index is 0.302. The molecule has 2 nitrogen and oxygen atoms in total. The van der Waals surface area contributed by atoms with Gasteiger partial charge < -0.3 is 5.73 Å². The molecule has 1 saturated carbocycles. The van der Waals surface area contributed by atoms with Crippen LogP contribution in [0.5, 0.6) is 0 Å². The van der Waals surface area contributed by atoms with E-state index in [4.69, 9.17) is 11.1 Å². The largest absolute Gasteiger partial charge is 0.385 e. The highest BCUT2D eigenvalue weighted by molar-refractivity contribution is 5.86. The fraction of sp³-hybridized carbons (Fsp3) is 0.800. The van der Waals surface area contributed by atoms with Gasteiger partial charge >= 0.3 is 0 Å². The molecule has 3 N–H and O–H groups in total. The van der Waals surface area contributed by atoms with E-state index >= 15 is 0 Å². The quantitative estimate of drug-likeness (QED) is 0.386. The molecule has 0 saturated heterocycles. The average Bonchev–Trinajstić information content (AvgIpc) is 1.60. The molecule has 0 radical (unpaired) electrons. The van der Waals surface area contributed by atoms with Crippen molar-refractivity contribution in [2.75, 3.05) is 0 Å². The van der Waals surface area contributed by atoms with Gasteiger partial charge in [-0.05, 0) is 19.3 Å². The molecule has 0 aliphatic heterocycles. The van der Waals surface area contributed by atoms with Crippen LogP contribution in [0.2, 0.25) is 0 Å². The van der Waals surface area contributed by atoms with Crippen LogP contribution in [0, 0.1) is 5.41 Å². The highest BCUT2D eigenvalue weighted by Gasteiger charge is 2.40. The molecular weight excluding hydrogens is 107 g/mol. The van der Waals surface area contributed by atoms with Gasteiger partial charge in [-0.15, -0.1) is 0 Å². The van der Waals surface area contributed by atoms with E-state index in [2.05, 4.69) is 0 Å². The molecule has 1 aliphatic rings. The maximum absolute atomic E-state index is 12.7. The SMILES string of the molecule is N=C(N)C1(F)CCC1. The van der Waals surface area contributed by atoms with Crippen LogP contribution in [0.4, 0.5) is 4.39 Å². The Balaban J connectivity index is 2.53. The molecule has 0 amide bonds. The first-order valence-corrected chi connectivity index (χ1v) is 2.68. The van der Waals surface area contributed by atoms with Crippen molar-refractivity contribution < 1.29 is 4.39 Å². The zero-order chi connectivity index (χ0) is 6.20. The summed E-state index contributed by atoms with van der Waals surface area (Å²) < 4.78 is 12.7. The van der Waals surface area contributed by atoms with E-state index in [1.165, 1.54) is 0 Å². The third-order valence-corrected chi connectivity index (χ3v) is 1.63. The lowest BCUT2D eigenvalue weighted by molar-refractivity contribution is 0.140. The number of halogens is 1. The molecule has 0 atom stereocenters. The number of alkyl halides is 1. The number of nitrogens with two attached hydrogens (primary N) is 1. The van der Waals surface area contributed by atoms with E-state index in [-0.39, 0.29) is 5.84 Å². The zero-order valence-electron chi connectivity index (χ0n) is 4.58. The first-order chi connectivity index (χ1) is 3.65. The Kier molecular flexibility index (Phi) is 0.994. The predicted molar refractivity (Wildman–Crippen MR) is 29.6 cm³/mol. The lowest BCUT2D eigenvalue weighted by Gasteiger charge is -2.31. The van der Waals surface area contributed by atoms with Crippen molar-refractivity contribution in [1.82, 2.24) is 0 Å². The minimum Gasteiger partial charge on any atom is -0.385 e. The van der Waals surface area contributed by atoms with Crippen LogP contribution < -0.4 is 5.73 Å². The van der Waals surface area contributed by atoms with Crippen molar-refractivity contribution in [2.45, 2.75) is 24.9 Å². The third kappa shape index (κ3) is 0.582. The van der Waals surface area contributed by atoms with Crippen LogP contribution >= 0.6 is 0 Å². The second-order valence-corrected chi connectivity index (χ2v) is 2.23. The van der Waals surface area contributed by atoms with Gasteiger partial charge in [-0.2, -0.15) is 0 Å². The van der Waals surface area contributed by atoms with E-state index in [0.717, 1.165) is 6.42 Å². The van der Waals surface area contributed by atoms with E-state index in [9.17, 15) is 4.39 Å². The molecule has 0 unspecified atom stereocenters. The van der Waals surface area contributed by atoms with Gasteiger partial charge in [0, 0.05) is 0 Å². The topological polar surface area (TPSA) is 49.9 Å². The van der Waals surface area contributed by atoms with Gasteiger partial charge in [0.05, 0.1) is 0 Å². The maximum Gasteiger partial charge on any atom is 0.167 e. The summed E-state index contributed by atoms with van der Waals surface area (Å²) in [5.41, 5.74) is 3.52. The van der Waals surface area contributed by atoms with Crippen LogP contribution in [-0.4, -0.2) is 11.5 Å². The molecule has 3 heteroatoms. The third-order valence-electron chi connectivity index (χ3n) is 1.63. The van der Waals surface area contributed by atoms with Gasteiger partial charge in [0.2, 0.25) is 0 Å². The molecule has 0 aromatic heterocycles. The van der Waals surface area contributed by atoms with Gasteiger partial charge in [-0.1, -0.05) is 0 Å². The maximum atomic E-state index is 12.7. The van der Waals surface area contributed by atoms with Gasteiger partial charge in [0.15, 0.2) is 5.67 Å². The summed E-state index contributed by atoms with van der Waals surface area (Å²) >= 11 is 0. The molecule has 1 rings (SSSR count). The minimum atomic E-state index is -1.42. The first-order valence-electron chi connectivity index (χ1n) is 2.68. The van der Waals surface area contributed by atoms with Crippen molar-refractivity contribution in [3.8, 4) is 0 Å². The molecule has 1 aliphatic carbocycles. The summed E-state index contributed by atoms with van der Waals surface area (Å²) in [6.45, 7) is 0. The van der Waals surface area contributed by atoms with Gasteiger partial charge in [0.25, 0.3) is 0 Å². The Morgan fingerprint density at radius 3 is 2.12 bits per heavy atom. The fourth-order valence-electron chi connectivity index (χ4n) is 0.757. The Morgan fingerprint density at radius 2 is 2.12 bits per heavy atom. The van der Waals surface area contributed by atoms with E-state index in [0.29, 0.717) is 12.8 Å². The predicted octanol–water partition coefficient (Wildman–Crippen LogP) is 0.815. The number of hydrogen-bond donors (Lipinski definition) is 2. The highest BCUT2D eigenvalue weighted by Crippen LogP contribution is 2.35. The second-order valence-electron chi connectivity index (χ2n) is 2.23. The van der Waals surface area contributed by atoms with Crippen LogP contribution in [0.15, 0.2) is 0 Å². The van der Waals surface area contributed by atoms with Crippen molar-refractivity contribution in [3.05, 3.63) is 0 Å². The smallest absolute Gasteiger partial charge is 0.167 e. The lowest BCUT2D eigenvalue weighted by atomic mass is 9.81. The molecule has 1 fully saturated rings. The average molecular weight is 116 g/mol. The Morgan fingerprint density at radius 1 is 1.62 bits per heavy atom. The first kappa shape index (κ1) is 5.54. The summed E-state index contributed by atoms with van der Waals surface area (Å²) in [5.74, 6) is -0.302. The number of nitrogens with one attached hydrogen (secondary N) is 1. The standard InChI is InChI=1S/C5H9FN2/c6-5(4(7)8)2-1-3-5/h1-3H2,(H3,7,8). The molecular formula is C5H9FN2. The highest BCUT2D eigenvalue weighted by atomic mass is 19.1. The van der Waals surface area contributed by atoms with Gasteiger partial charge in [-0.3, -0.25) is 5.41 Å². The van der Waals surface area contributed by atoms with Gasteiger partial charge in [-0.25, -0.2) is 4.39 Å². The van der Waals surface area contributed by atoms with Crippen LogP contribution in [-0.2, 0) is 0 Å². The molecule has 0 aromatic rings. The van der Waals surface area contributed by atoms with Crippen molar-refractivity contribution >= 4 is 5.84 Å². The zero-order valence-corrected chi connectivity index (χ0v) is 4.58. The summed E-state index contributed by atoms with van der Waals surface area (Å²) in [6.07, 6.45) is 1.76. The Labute approximate surface area is 47.4 Å². The molecule has 0 bridgehead atoms. The molecule has 0 spiro atoms. The van der Waals surface area contributed by atoms with Crippen LogP contribution in [0.25, 0.3) is 0 Å². The molecule has 0 aromatic carbocycles. The number of rotatable bonds is 1. The summed E-state index contributed by atoms with van der Waals surface area (Å²) in [5, 5.41) is 6.75. The molecule has 8 heavy (non-hydrogen) atoms. The lowest BCUT2D eigenvalue weighted by Crippen LogP contribution is -2.44. The molecule has 46 valence electrons. The van der Waals surface area contributed by atoms with E-state index in [1.807, 2.05) is 0 Å². The fourth-order valence-corrected chi connectivity index (χ4v) is 0.757. The summed E-state index contributed by atoms with van der Waals surface area (Å²) in [6, 6.07) is 0. The summed E-state index contributed by atoms with van der Waals surface area (Å²) in [4.78, 5) is 0. The Bertz CT molecular complexity index is 118. The second kappa shape index (κ2) is 1.44. The van der Waals surface area contributed by atoms with Crippen molar-refractivity contribution in [2.24, 2.45) is 5.73 Å². The normalized spacial score (nSPS) is 24.1.